The zero-order valence-electron chi connectivity index (χ0n) is 16.8. The van der Waals surface area contributed by atoms with Crippen LogP contribution in [0.1, 0.15) is 54.4 Å². The van der Waals surface area contributed by atoms with Crippen molar-refractivity contribution in [3.8, 4) is 0 Å². The minimum atomic E-state index is -0.675. The van der Waals surface area contributed by atoms with Gasteiger partial charge in [0.15, 0.2) is 6.10 Å². The van der Waals surface area contributed by atoms with E-state index in [1.165, 1.54) is 0 Å². The van der Waals surface area contributed by atoms with Crippen molar-refractivity contribution in [3.05, 3.63) is 0 Å². The van der Waals surface area contributed by atoms with E-state index in [2.05, 4.69) is 0 Å². The number of piperidine rings is 1. The van der Waals surface area contributed by atoms with Crippen LogP contribution in [0.25, 0.3) is 0 Å². The predicted molar refractivity (Wildman–Crippen MR) is 117 cm³/mol. The zero-order valence-corrected chi connectivity index (χ0v) is 21.2. The lowest BCUT2D eigenvalue weighted by atomic mass is 9.80. The first kappa shape index (κ1) is 25.3. The summed E-state index contributed by atoms with van der Waals surface area (Å²) in [6, 6.07) is 0. The van der Waals surface area contributed by atoms with E-state index in [0.29, 0.717) is 12.8 Å². The maximum Gasteiger partial charge on any atom is 0.321 e. The molecule has 0 saturated carbocycles. The molecule has 27 heavy (non-hydrogen) atoms. The summed E-state index contributed by atoms with van der Waals surface area (Å²) >= 11 is 3.92. The van der Waals surface area contributed by atoms with Crippen LogP contribution in [0.2, 0.25) is 0 Å². The summed E-state index contributed by atoms with van der Waals surface area (Å²) in [5.74, 6) is -0.760. The van der Waals surface area contributed by atoms with Crippen LogP contribution in [-0.2, 0) is 29.0 Å². The molecule has 1 rings (SSSR count). The molecule has 1 atom stereocenters. The van der Waals surface area contributed by atoms with Gasteiger partial charge in [0.05, 0.1) is 17.1 Å². The van der Waals surface area contributed by atoms with Gasteiger partial charge in [0, 0.05) is 11.1 Å². The lowest BCUT2D eigenvalue weighted by molar-refractivity contribution is -0.302. The average molecular weight is 610 g/mol. The predicted octanol–water partition coefficient (Wildman–Crippen LogP) is 3.47. The summed E-state index contributed by atoms with van der Waals surface area (Å²) < 4.78 is 16.2. The number of carbonyl (C=O) groups excluding carboxylic acids is 2. The number of carbonyl (C=O) groups is 2. The minimum Gasteiger partial charge on any atom is -0.461 e. The first-order chi connectivity index (χ1) is 12.2. The van der Waals surface area contributed by atoms with E-state index in [0.717, 1.165) is 5.06 Å². The van der Waals surface area contributed by atoms with Crippen molar-refractivity contribution in [1.29, 1.82) is 0 Å². The van der Waals surface area contributed by atoms with Crippen molar-refractivity contribution in [2.24, 2.45) is 0 Å². The highest BCUT2D eigenvalue weighted by Crippen LogP contribution is 2.38. The second-order valence-electron chi connectivity index (χ2n) is 8.60. The van der Waals surface area contributed by atoms with Gasteiger partial charge < -0.3 is 14.2 Å². The highest BCUT2D eigenvalue weighted by molar-refractivity contribution is 14.1. The average Bonchev–Trinajstić information content (AvgIpc) is 2.53. The van der Waals surface area contributed by atoms with Crippen LogP contribution >= 0.6 is 45.2 Å². The quantitative estimate of drug-likeness (QED) is 0.238. The first-order valence-electron chi connectivity index (χ1n) is 8.89. The van der Waals surface area contributed by atoms with Crippen LogP contribution in [0.3, 0.4) is 0 Å². The minimum absolute atomic E-state index is 0.0547. The Morgan fingerprint density at radius 3 is 2.11 bits per heavy atom. The summed E-state index contributed by atoms with van der Waals surface area (Å²) in [4.78, 5) is 23.7. The van der Waals surface area contributed by atoms with E-state index >= 15 is 0 Å². The van der Waals surface area contributed by atoms with E-state index in [1.54, 1.807) is 13.8 Å². The number of esters is 2. The monoisotopic (exact) mass is 610 g/mol. The largest absolute Gasteiger partial charge is 0.461 e. The highest BCUT2D eigenvalue weighted by atomic mass is 127. The van der Waals surface area contributed by atoms with Crippen LogP contribution in [0, 0.1) is 0 Å². The molecule has 0 spiro atoms. The second-order valence-corrected chi connectivity index (χ2v) is 12.1. The van der Waals surface area contributed by atoms with Gasteiger partial charge in [0.1, 0.15) is 10.0 Å². The highest BCUT2D eigenvalue weighted by Gasteiger charge is 2.46. The van der Waals surface area contributed by atoms with Gasteiger partial charge >= 0.3 is 11.9 Å². The number of hydrogen-bond donors (Lipinski definition) is 0. The standard InChI is InChI=1S/C18H30I2NO6/c1-16(2)7-12(8-17(3,4)21(16)24)25-10-13(27-14(22)9-19)11-26-15(23)18(5,6)20/h12-13H,7-11H2,1-6H3. The Balaban J connectivity index is 2.70. The Morgan fingerprint density at radius 1 is 1.15 bits per heavy atom. The van der Waals surface area contributed by atoms with Crippen LogP contribution in [0.4, 0.5) is 0 Å². The molecule has 0 aromatic carbocycles. The molecular formula is C18H30I2NO6. The lowest BCUT2D eigenvalue weighted by Gasteiger charge is -2.49. The summed E-state index contributed by atoms with van der Waals surface area (Å²) in [5, 5.41) is 13.6. The van der Waals surface area contributed by atoms with Crippen LogP contribution in [0.5, 0.6) is 0 Å². The Hall–Kier alpha value is 0.280. The van der Waals surface area contributed by atoms with Gasteiger partial charge in [-0.05, 0) is 54.4 Å². The van der Waals surface area contributed by atoms with Gasteiger partial charge in [0.25, 0.3) is 0 Å². The summed E-state index contributed by atoms with van der Waals surface area (Å²) in [6.45, 7) is 11.2. The number of ether oxygens (including phenoxy) is 3. The Kier molecular flexibility index (Phi) is 9.24. The van der Waals surface area contributed by atoms with E-state index in [-0.39, 0.29) is 35.7 Å². The van der Waals surface area contributed by atoms with Crippen LogP contribution < -0.4 is 0 Å². The fourth-order valence-corrected chi connectivity index (χ4v) is 3.54. The molecule has 0 amide bonds. The third-order valence-electron chi connectivity index (χ3n) is 4.36. The lowest BCUT2D eigenvalue weighted by Crippen LogP contribution is -2.60. The third kappa shape index (κ3) is 7.90. The first-order valence-corrected chi connectivity index (χ1v) is 11.5. The maximum atomic E-state index is 12.4. The molecule has 9 heteroatoms. The van der Waals surface area contributed by atoms with Crippen molar-refractivity contribution in [1.82, 2.24) is 5.06 Å². The van der Waals surface area contributed by atoms with Gasteiger partial charge in [-0.1, -0.05) is 45.2 Å². The second kappa shape index (κ2) is 9.86. The van der Waals surface area contributed by atoms with Gasteiger partial charge in [-0.2, -0.15) is 0 Å². The van der Waals surface area contributed by atoms with E-state index in [4.69, 9.17) is 14.2 Å². The molecule has 1 radical (unpaired) electrons. The van der Waals surface area contributed by atoms with Crippen molar-refractivity contribution >= 4 is 57.1 Å². The SMILES string of the molecule is CC(C)(I)C(=O)OCC(COC1CC(C)(C)N([O])C(C)(C)C1)OC(=O)CI. The number of hydroxylamine groups is 2. The van der Waals surface area contributed by atoms with E-state index < -0.39 is 20.6 Å². The molecule has 1 fully saturated rings. The normalized spacial score (nSPS) is 21.5. The number of alkyl halides is 2. The molecule has 157 valence electrons. The molecule has 0 bridgehead atoms. The van der Waals surface area contributed by atoms with Gasteiger partial charge in [-0.25, -0.2) is 0 Å². The van der Waals surface area contributed by atoms with Gasteiger partial charge in [-0.3, -0.25) is 9.59 Å². The zero-order chi connectivity index (χ0) is 21.0. The van der Waals surface area contributed by atoms with Gasteiger partial charge in [0.2, 0.25) is 0 Å². The molecular weight excluding hydrogens is 580 g/mol. The number of hydrogen-bond acceptors (Lipinski definition) is 6. The summed E-state index contributed by atoms with van der Waals surface area (Å²) in [5.41, 5.74) is -1.09. The molecule has 1 aliphatic rings. The topological polar surface area (TPSA) is 85.0 Å². The van der Waals surface area contributed by atoms with E-state index in [1.807, 2.05) is 72.9 Å². The fraction of sp³-hybridized carbons (Fsp3) is 0.889. The molecule has 1 unspecified atom stereocenters. The van der Waals surface area contributed by atoms with Crippen molar-refractivity contribution in [2.75, 3.05) is 17.6 Å². The fourth-order valence-electron chi connectivity index (χ4n) is 3.21. The molecule has 0 aromatic rings. The van der Waals surface area contributed by atoms with E-state index in [9.17, 15) is 14.8 Å². The smallest absolute Gasteiger partial charge is 0.321 e. The third-order valence-corrected chi connectivity index (χ3v) is 5.43. The van der Waals surface area contributed by atoms with Crippen LogP contribution in [-0.4, -0.2) is 61.4 Å². The molecule has 1 saturated heterocycles. The molecule has 0 N–H and O–H groups in total. The molecule has 7 nitrogen and oxygen atoms in total. The van der Waals surface area contributed by atoms with Gasteiger partial charge in [-0.15, -0.1) is 10.3 Å². The Morgan fingerprint density at radius 2 is 1.67 bits per heavy atom. The van der Waals surface area contributed by atoms with Crippen LogP contribution in [0.15, 0.2) is 0 Å². The number of rotatable bonds is 8. The van der Waals surface area contributed by atoms with Crippen molar-refractivity contribution in [3.63, 3.8) is 0 Å². The summed E-state index contributed by atoms with van der Waals surface area (Å²) in [7, 11) is 0. The molecule has 1 aliphatic heterocycles. The van der Waals surface area contributed by atoms with Crippen molar-refractivity contribution in [2.45, 2.75) is 81.1 Å². The Bertz CT molecular complexity index is 514. The summed E-state index contributed by atoms with van der Waals surface area (Å²) in [6.07, 6.45) is 0.338. The molecule has 0 aromatic heterocycles. The molecule has 0 aliphatic carbocycles. The number of halogens is 2. The molecule has 1 heterocycles. The number of nitrogens with zero attached hydrogens (tertiary/aromatic N) is 1. The maximum absolute atomic E-state index is 12.4. The van der Waals surface area contributed by atoms with Crippen molar-refractivity contribution < 1.29 is 29.0 Å². The Labute approximate surface area is 189 Å².